The van der Waals surface area contributed by atoms with Crippen LogP contribution in [-0.4, -0.2) is 59.6 Å². The molecule has 2 aromatic heterocycles. The third-order valence-corrected chi connectivity index (χ3v) is 7.26. The number of hydrogen-bond acceptors (Lipinski definition) is 6. The van der Waals surface area contributed by atoms with Crippen LogP contribution in [0.15, 0.2) is 42.9 Å². The minimum absolute atomic E-state index is 0.104. The van der Waals surface area contributed by atoms with E-state index in [1.165, 1.54) is 4.31 Å². The first-order valence-corrected chi connectivity index (χ1v) is 12.0. The summed E-state index contributed by atoms with van der Waals surface area (Å²) in [4.78, 5) is 17.8. The van der Waals surface area contributed by atoms with E-state index in [1.807, 2.05) is 31.5 Å². The second-order valence-electron chi connectivity index (χ2n) is 8.02. The molecule has 0 amide bonds. The molecular weight excluding hydrogens is 442 g/mol. The smallest absolute Gasteiger partial charge is 0.301 e. The Bertz CT molecular complexity index is 1360. The van der Waals surface area contributed by atoms with Gasteiger partial charge in [-0.3, -0.25) is 19.2 Å². The standard InChI is InChI=1S/C23H23N5O4S/c1-27-15-19(14-25-27)18-10-17-11-23(29)21-12-20(4-2-16(21)3-5-22(17)24-13-18)26-33(30,31)28-6-8-32-9-7-28/h2-5,10,12-15,26H,6-9,11H2,1H3/b5-3-. The summed E-state index contributed by atoms with van der Waals surface area (Å²) in [6, 6.07) is 6.97. The number of ketones is 1. The van der Waals surface area contributed by atoms with Crippen LogP contribution in [0.1, 0.15) is 27.2 Å². The second kappa shape index (κ2) is 8.54. The molecule has 10 heteroatoms. The number of carbonyl (C=O) groups excluding carboxylic acids is 1. The number of anilines is 1. The molecule has 1 saturated heterocycles. The van der Waals surface area contributed by atoms with E-state index in [9.17, 15) is 13.2 Å². The van der Waals surface area contributed by atoms with Gasteiger partial charge < -0.3 is 4.74 Å². The molecule has 0 saturated carbocycles. The van der Waals surface area contributed by atoms with E-state index in [2.05, 4.69) is 14.8 Å². The number of hydrogen-bond donors (Lipinski definition) is 1. The SMILES string of the molecule is Cn1cc(-c2cnc3c(c2)CC(=O)c2cc(NS(=O)(=O)N4CCOCC4)ccc2/C=C\3)cn1. The highest BCUT2D eigenvalue weighted by Crippen LogP contribution is 2.27. The Morgan fingerprint density at radius 1 is 1.06 bits per heavy atom. The van der Waals surface area contributed by atoms with Crippen molar-refractivity contribution in [1.82, 2.24) is 19.1 Å². The zero-order valence-corrected chi connectivity index (χ0v) is 18.9. The molecule has 1 aromatic carbocycles. The largest absolute Gasteiger partial charge is 0.379 e. The fourth-order valence-corrected chi connectivity index (χ4v) is 5.17. The highest BCUT2D eigenvalue weighted by molar-refractivity contribution is 7.90. The Balaban J connectivity index is 1.44. The average molecular weight is 466 g/mol. The normalized spacial score (nSPS) is 17.5. The van der Waals surface area contributed by atoms with Gasteiger partial charge in [-0.2, -0.15) is 17.8 Å². The Labute approximate surface area is 191 Å². The van der Waals surface area contributed by atoms with E-state index in [4.69, 9.17) is 4.74 Å². The third kappa shape index (κ3) is 4.45. The number of fused-ring (bicyclic) bond motifs is 2. The molecule has 1 aliphatic carbocycles. The van der Waals surface area contributed by atoms with E-state index in [0.29, 0.717) is 37.6 Å². The van der Waals surface area contributed by atoms with Gasteiger partial charge in [-0.25, -0.2) is 0 Å². The van der Waals surface area contributed by atoms with Gasteiger partial charge >= 0.3 is 10.2 Å². The van der Waals surface area contributed by atoms with Gasteiger partial charge in [-0.05, 0) is 35.4 Å². The maximum absolute atomic E-state index is 13.2. The van der Waals surface area contributed by atoms with E-state index < -0.39 is 10.2 Å². The van der Waals surface area contributed by atoms with Crippen LogP contribution in [-0.2, 0) is 28.4 Å². The molecular formula is C23H23N5O4S. The lowest BCUT2D eigenvalue weighted by Gasteiger charge is -2.26. The quantitative estimate of drug-likeness (QED) is 0.634. The molecule has 0 spiro atoms. The number of pyridine rings is 1. The molecule has 3 heterocycles. The van der Waals surface area contributed by atoms with Gasteiger partial charge in [0.2, 0.25) is 0 Å². The number of morpholine rings is 1. The lowest BCUT2D eigenvalue weighted by atomic mass is 9.93. The molecule has 9 nitrogen and oxygen atoms in total. The van der Waals surface area contributed by atoms with Crippen LogP contribution < -0.4 is 4.72 Å². The van der Waals surface area contributed by atoms with Crippen LogP contribution in [0.25, 0.3) is 23.3 Å². The van der Waals surface area contributed by atoms with Crippen molar-refractivity contribution >= 4 is 33.8 Å². The molecule has 0 radical (unpaired) electrons. The second-order valence-corrected chi connectivity index (χ2v) is 9.70. The summed E-state index contributed by atoms with van der Waals surface area (Å²) in [5, 5.41) is 4.20. The summed E-state index contributed by atoms with van der Waals surface area (Å²) < 4.78 is 36.3. The number of Topliss-reactive ketones (excluding diaryl/α,β-unsaturated/α-hetero) is 1. The zero-order valence-electron chi connectivity index (χ0n) is 18.1. The van der Waals surface area contributed by atoms with Crippen molar-refractivity contribution in [3.63, 3.8) is 0 Å². The summed E-state index contributed by atoms with van der Waals surface area (Å²) in [6.45, 7) is 1.32. The van der Waals surface area contributed by atoms with Crippen molar-refractivity contribution in [2.45, 2.75) is 6.42 Å². The minimum Gasteiger partial charge on any atom is -0.379 e. The fraction of sp³-hybridized carbons (Fsp3) is 0.261. The van der Waals surface area contributed by atoms with Crippen LogP contribution in [0, 0.1) is 0 Å². The number of carbonyl (C=O) groups is 1. The van der Waals surface area contributed by atoms with Gasteiger partial charge in [-0.15, -0.1) is 0 Å². The highest BCUT2D eigenvalue weighted by Gasteiger charge is 2.25. The van der Waals surface area contributed by atoms with Crippen molar-refractivity contribution in [2.24, 2.45) is 7.05 Å². The molecule has 5 rings (SSSR count). The number of aromatic nitrogens is 3. The van der Waals surface area contributed by atoms with Gasteiger partial charge in [-0.1, -0.05) is 12.1 Å². The van der Waals surface area contributed by atoms with Gasteiger partial charge in [0.25, 0.3) is 0 Å². The lowest BCUT2D eigenvalue weighted by Crippen LogP contribution is -2.43. The van der Waals surface area contributed by atoms with E-state index in [-0.39, 0.29) is 12.2 Å². The molecule has 1 fully saturated rings. The number of nitrogens with zero attached hydrogens (tertiary/aromatic N) is 4. The van der Waals surface area contributed by atoms with Gasteiger partial charge in [0.05, 0.1) is 30.8 Å². The van der Waals surface area contributed by atoms with Gasteiger partial charge in [0.1, 0.15) is 0 Å². The van der Waals surface area contributed by atoms with Crippen molar-refractivity contribution in [3.05, 3.63) is 65.2 Å². The first kappa shape index (κ1) is 21.5. The first-order valence-electron chi connectivity index (χ1n) is 10.6. The van der Waals surface area contributed by atoms with Gasteiger partial charge in [0.15, 0.2) is 5.78 Å². The topological polar surface area (TPSA) is 106 Å². The minimum atomic E-state index is -3.72. The van der Waals surface area contributed by atoms with Crippen LogP contribution in [0.3, 0.4) is 0 Å². The predicted molar refractivity (Wildman–Crippen MR) is 125 cm³/mol. The van der Waals surface area contributed by atoms with E-state index in [0.717, 1.165) is 27.9 Å². The number of nitrogens with one attached hydrogen (secondary N) is 1. The van der Waals surface area contributed by atoms with Crippen molar-refractivity contribution < 1.29 is 17.9 Å². The monoisotopic (exact) mass is 465 g/mol. The van der Waals surface area contributed by atoms with Crippen molar-refractivity contribution in [2.75, 3.05) is 31.0 Å². The molecule has 0 unspecified atom stereocenters. The Morgan fingerprint density at radius 2 is 1.88 bits per heavy atom. The summed E-state index contributed by atoms with van der Waals surface area (Å²) in [7, 11) is -1.88. The predicted octanol–water partition coefficient (Wildman–Crippen LogP) is 2.38. The Morgan fingerprint density at radius 3 is 2.64 bits per heavy atom. The molecule has 3 aromatic rings. The van der Waals surface area contributed by atoms with Crippen molar-refractivity contribution in [3.8, 4) is 11.1 Å². The van der Waals surface area contributed by atoms with Crippen LogP contribution in [0.5, 0.6) is 0 Å². The number of benzene rings is 1. The van der Waals surface area contributed by atoms with Crippen LogP contribution in [0.4, 0.5) is 5.69 Å². The third-order valence-electron chi connectivity index (χ3n) is 5.72. The molecule has 1 aliphatic heterocycles. The Hall–Kier alpha value is -3.34. The molecule has 0 atom stereocenters. The Kier molecular flexibility index (Phi) is 5.57. The lowest BCUT2D eigenvalue weighted by molar-refractivity contribution is 0.0733. The summed E-state index contributed by atoms with van der Waals surface area (Å²) >= 11 is 0. The first-order chi connectivity index (χ1) is 15.9. The maximum Gasteiger partial charge on any atom is 0.301 e. The fourth-order valence-electron chi connectivity index (χ4n) is 3.98. The van der Waals surface area contributed by atoms with Crippen LogP contribution in [0.2, 0.25) is 0 Å². The summed E-state index contributed by atoms with van der Waals surface area (Å²) in [6.07, 6.45) is 9.30. The van der Waals surface area contributed by atoms with E-state index in [1.54, 1.807) is 35.3 Å². The zero-order chi connectivity index (χ0) is 23.0. The molecule has 1 N–H and O–H groups in total. The van der Waals surface area contributed by atoms with E-state index >= 15 is 0 Å². The number of ether oxygens (including phenoxy) is 1. The average Bonchev–Trinajstić information content (AvgIpc) is 3.24. The molecule has 170 valence electrons. The number of aryl methyl sites for hydroxylation is 1. The number of rotatable bonds is 4. The van der Waals surface area contributed by atoms with Crippen LogP contribution >= 0.6 is 0 Å². The summed E-state index contributed by atoms with van der Waals surface area (Å²) in [5.74, 6) is -0.104. The van der Waals surface area contributed by atoms with Gasteiger partial charge in [0, 0.05) is 55.6 Å². The highest BCUT2D eigenvalue weighted by atomic mass is 32.2. The summed E-state index contributed by atoms with van der Waals surface area (Å²) in [5.41, 5.74) is 4.89. The molecule has 2 aliphatic rings. The van der Waals surface area contributed by atoms with Crippen molar-refractivity contribution in [1.29, 1.82) is 0 Å². The molecule has 33 heavy (non-hydrogen) atoms. The molecule has 0 bridgehead atoms. The maximum atomic E-state index is 13.2.